The highest BCUT2D eigenvalue weighted by molar-refractivity contribution is 5.93. The zero-order valence-electron chi connectivity index (χ0n) is 15.8. The Morgan fingerprint density at radius 2 is 1.80 bits per heavy atom. The summed E-state index contributed by atoms with van der Waals surface area (Å²) in [5.41, 5.74) is 2.86. The van der Waals surface area contributed by atoms with E-state index in [4.69, 9.17) is 4.74 Å². The third kappa shape index (κ3) is 5.61. The highest BCUT2D eigenvalue weighted by atomic mass is 16.5. The molecule has 1 amide bonds. The lowest BCUT2D eigenvalue weighted by Crippen LogP contribution is -2.45. The van der Waals surface area contributed by atoms with Crippen LogP contribution in [0.25, 0.3) is 0 Å². The highest BCUT2D eigenvalue weighted by Gasteiger charge is 2.24. The standard InChI is InChI=1S/C21H28N2O2/c1-16-11-12-19(25-5)18(13-16)22-20(24)15-23(21(2,3)4)14-17-9-7-6-8-10-17/h6-13H,14-15H2,1-5H3,(H,22,24). The molecule has 0 aromatic heterocycles. The van der Waals surface area contributed by atoms with Crippen LogP contribution in [0.4, 0.5) is 5.69 Å². The number of nitrogens with zero attached hydrogens (tertiary/aromatic N) is 1. The molecule has 0 unspecified atom stereocenters. The van der Waals surface area contributed by atoms with Gasteiger partial charge in [-0.2, -0.15) is 0 Å². The predicted molar refractivity (Wildman–Crippen MR) is 103 cm³/mol. The molecule has 0 radical (unpaired) electrons. The first-order chi connectivity index (χ1) is 11.8. The molecule has 2 rings (SSSR count). The van der Waals surface area contributed by atoms with Crippen LogP contribution < -0.4 is 10.1 Å². The lowest BCUT2D eigenvalue weighted by Gasteiger charge is -2.35. The van der Waals surface area contributed by atoms with E-state index >= 15 is 0 Å². The average Bonchev–Trinajstić information content (AvgIpc) is 2.54. The maximum absolute atomic E-state index is 12.6. The Bertz CT molecular complexity index is 706. The van der Waals surface area contributed by atoms with Crippen LogP contribution in [0, 0.1) is 6.92 Å². The number of amides is 1. The number of ether oxygens (including phenoxy) is 1. The van der Waals surface area contributed by atoms with Crippen molar-refractivity contribution in [2.45, 2.75) is 39.8 Å². The molecule has 0 bridgehead atoms. The Morgan fingerprint density at radius 1 is 1.12 bits per heavy atom. The number of carbonyl (C=O) groups excluding carboxylic acids is 1. The quantitative estimate of drug-likeness (QED) is 0.855. The highest BCUT2D eigenvalue weighted by Crippen LogP contribution is 2.25. The Labute approximate surface area is 150 Å². The molecule has 134 valence electrons. The summed E-state index contributed by atoms with van der Waals surface area (Å²) in [5.74, 6) is 0.624. The lowest BCUT2D eigenvalue weighted by molar-refractivity contribution is -0.118. The normalized spacial score (nSPS) is 11.4. The van der Waals surface area contributed by atoms with E-state index in [1.54, 1.807) is 7.11 Å². The SMILES string of the molecule is COc1ccc(C)cc1NC(=O)CN(Cc1ccccc1)C(C)(C)C. The van der Waals surface area contributed by atoms with E-state index in [1.807, 2.05) is 43.3 Å². The minimum absolute atomic E-state index is 0.0465. The largest absolute Gasteiger partial charge is 0.495 e. The van der Waals surface area contributed by atoms with E-state index in [2.05, 4.69) is 43.1 Å². The second-order valence-electron chi connectivity index (χ2n) is 7.26. The average molecular weight is 340 g/mol. The number of benzene rings is 2. The van der Waals surface area contributed by atoms with E-state index in [0.717, 1.165) is 12.1 Å². The van der Waals surface area contributed by atoms with Gasteiger partial charge in [-0.05, 0) is 51.0 Å². The zero-order valence-corrected chi connectivity index (χ0v) is 15.8. The molecule has 0 saturated carbocycles. The molecule has 0 aliphatic rings. The Kier molecular flexibility index (Phi) is 6.21. The van der Waals surface area contributed by atoms with Crippen LogP contribution in [0.15, 0.2) is 48.5 Å². The van der Waals surface area contributed by atoms with Gasteiger partial charge in [0.05, 0.1) is 19.3 Å². The van der Waals surface area contributed by atoms with E-state index in [9.17, 15) is 4.79 Å². The van der Waals surface area contributed by atoms with Crippen molar-refractivity contribution in [3.63, 3.8) is 0 Å². The fourth-order valence-corrected chi connectivity index (χ4v) is 2.62. The van der Waals surface area contributed by atoms with Gasteiger partial charge in [-0.1, -0.05) is 36.4 Å². The monoisotopic (exact) mass is 340 g/mol. The smallest absolute Gasteiger partial charge is 0.238 e. The molecule has 0 aliphatic heterocycles. The summed E-state index contributed by atoms with van der Waals surface area (Å²) in [6.07, 6.45) is 0. The first-order valence-electron chi connectivity index (χ1n) is 8.53. The molecule has 4 nitrogen and oxygen atoms in total. The van der Waals surface area contributed by atoms with Crippen molar-refractivity contribution in [2.75, 3.05) is 19.0 Å². The number of nitrogens with one attached hydrogen (secondary N) is 1. The van der Waals surface area contributed by atoms with Gasteiger partial charge in [-0.3, -0.25) is 9.69 Å². The molecule has 4 heteroatoms. The summed E-state index contributed by atoms with van der Waals surface area (Å²) in [6, 6.07) is 16.0. The number of hydrogen-bond acceptors (Lipinski definition) is 3. The molecule has 0 spiro atoms. The molecule has 0 heterocycles. The molecular formula is C21H28N2O2. The van der Waals surface area contributed by atoms with Crippen molar-refractivity contribution in [3.8, 4) is 5.75 Å². The van der Waals surface area contributed by atoms with Crippen LogP contribution in [0.1, 0.15) is 31.9 Å². The fourth-order valence-electron chi connectivity index (χ4n) is 2.62. The van der Waals surface area contributed by atoms with Gasteiger partial charge in [-0.25, -0.2) is 0 Å². The van der Waals surface area contributed by atoms with Gasteiger partial charge >= 0.3 is 0 Å². The number of hydrogen-bond donors (Lipinski definition) is 1. The summed E-state index contributed by atoms with van der Waals surface area (Å²) >= 11 is 0. The Balaban J connectivity index is 2.11. The Hall–Kier alpha value is -2.33. The number of rotatable bonds is 6. The van der Waals surface area contributed by atoms with Crippen LogP contribution in [0.2, 0.25) is 0 Å². The van der Waals surface area contributed by atoms with Gasteiger partial charge in [0, 0.05) is 12.1 Å². The van der Waals surface area contributed by atoms with Gasteiger partial charge in [-0.15, -0.1) is 0 Å². The number of methoxy groups -OCH3 is 1. The summed E-state index contributed by atoms with van der Waals surface area (Å²) in [4.78, 5) is 14.8. The van der Waals surface area contributed by atoms with Gasteiger partial charge in [0.15, 0.2) is 0 Å². The predicted octanol–water partition coefficient (Wildman–Crippen LogP) is 4.24. The summed E-state index contributed by atoms with van der Waals surface area (Å²) in [5, 5.41) is 2.99. The fraction of sp³-hybridized carbons (Fsp3) is 0.381. The topological polar surface area (TPSA) is 41.6 Å². The molecule has 0 fully saturated rings. The molecule has 0 saturated heterocycles. The maximum atomic E-state index is 12.6. The Morgan fingerprint density at radius 3 is 2.40 bits per heavy atom. The molecule has 0 aliphatic carbocycles. The van der Waals surface area contributed by atoms with Crippen LogP contribution >= 0.6 is 0 Å². The summed E-state index contributed by atoms with van der Waals surface area (Å²) < 4.78 is 5.34. The van der Waals surface area contributed by atoms with Crippen LogP contribution in [0.5, 0.6) is 5.75 Å². The molecule has 0 atom stereocenters. The second-order valence-corrected chi connectivity index (χ2v) is 7.26. The van der Waals surface area contributed by atoms with E-state index in [1.165, 1.54) is 5.56 Å². The van der Waals surface area contributed by atoms with Crippen LogP contribution in [-0.4, -0.2) is 30.0 Å². The van der Waals surface area contributed by atoms with Gasteiger partial charge < -0.3 is 10.1 Å². The van der Waals surface area contributed by atoms with Crippen molar-refractivity contribution in [1.29, 1.82) is 0 Å². The van der Waals surface area contributed by atoms with Crippen molar-refractivity contribution < 1.29 is 9.53 Å². The second kappa shape index (κ2) is 8.17. The third-order valence-corrected chi connectivity index (χ3v) is 4.13. The lowest BCUT2D eigenvalue weighted by atomic mass is 10.0. The summed E-state index contributed by atoms with van der Waals surface area (Å²) in [7, 11) is 1.61. The van der Waals surface area contributed by atoms with Gasteiger partial charge in [0.25, 0.3) is 0 Å². The van der Waals surface area contributed by atoms with Crippen molar-refractivity contribution in [3.05, 3.63) is 59.7 Å². The van der Waals surface area contributed by atoms with E-state index in [0.29, 0.717) is 18.0 Å². The number of aryl methyl sites for hydroxylation is 1. The van der Waals surface area contributed by atoms with Crippen molar-refractivity contribution >= 4 is 11.6 Å². The summed E-state index contributed by atoms with van der Waals surface area (Å²) in [6.45, 7) is 9.40. The van der Waals surface area contributed by atoms with Crippen LogP contribution in [-0.2, 0) is 11.3 Å². The number of anilines is 1. The minimum atomic E-state index is -0.121. The third-order valence-electron chi connectivity index (χ3n) is 4.13. The van der Waals surface area contributed by atoms with Crippen molar-refractivity contribution in [1.82, 2.24) is 4.90 Å². The molecular weight excluding hydrogens is 312 g/mol. The van der Waals surface area contributed by atoms with Gasteiger partial charge in [0.1, 0.15) is 5.75 Å². The molecule has 2 aromatic carbocycles. The van der Waals surface area contributed by atoms with Crippen molar-refractivity contribution in [2.24, 2.45) is 0 Å². The first-order valence-corrected chi connectivity index (χ1v) is 8.53. The maximum Gasteiger partial charge on any atom is 0.238 e. The molecule has 2 aromatic rings. The zero-order chi connectivity index (χ0) is 18.4. The van der Waals surface area contributed by atoms with Gasteiger partial charge in [0.2, 0.25) is 5.91 Å². The minimum Gasteiger partial charge on any atom is -0.495 e. The molecule has 25 heavy (non-hydrogen) atoms. The first kappa shape index (κ1) is 19.0. The van der Waals surface area contributed by atoms with E-state index < -0.39 is 0 Å². The number of carbonyl (C=O) groups is 1. The van der Waals surface area contributed by atoms with E-state index in [-0.39, 0.29) is 11.4 Å². The molecule has 1 N–H and O–H groups in total. The van der Waals surface area contributed by atoms with Crippen LogP contribution in [0.3, 0.4) is 0 Å².